The number of carbonyl (C=O) groups is 2. The smallest absolute Gasteiger partial charge is 0.330 e. The van der Waals surface area contributed by atoms with Crippen molar-refractivity contribution >= 4 is 38.9 Å². The van der Waals surface area contributed by atoms with Crippen LogP contribution in [0.4, 0.5) is 0 Å². The lowest BCUT2D eigenvalue weighted by molar-refractivity contribution is -0.167. The number of carboxylic acid groups (broad SMARTS) is 2. The molecular formula is C21H29BrN2O5. The van der Waals surface area contributed by atoms with Crippen LogP contribution in [-0.4, -0.2) is 31.3 Å². The van der Waals surface area contributed by atoms with E-state index >= 15 is 0 Å². The summed E-state index contributed by atoms with van der Waals surface area (Å²) >= 11 is 3.39. The lowest BCUT2D eigenvalue weighted by Crippen LogP contribution is -2.63. The van der Waals surface area contributed by atoms with Gasteiger partial charge in [0.1, 0.15) is 0 Å². The first-order valence-electron chi connectivity index (χ1n) is 9.39. The fourth-order valence-electron chi connectivity index (χ4n) is 4.49. The minimum Gasteiger partial charge on any atom is -0.481 e. The van der Waals surface area contributed by atoms with Crippen molar-refractivity contribution in [2.45, 2.75) is 53.5 Å². The van der Waals surface area contributed by atoms with Crippen molar-refractivity contribution in [3.63, 3.8) is 0 Å². The summed E-state index contributed by atoms with van der Waals surface area (Å²) in [5, 5.41) is 20.3. The zero-order valence-electron chi connectivity index (χ0n) is 17.9. The third kappa shape index (κ3) is 3.63. The van der Waals surface area contributed by atoms with Crippen molar-refractivity contribution in [1.29, 1.82) is 0 Å². The molecule has 0 amide bonds. The SMILES string of the molecule is Cn1c(=O)n([C@@](C(=O)O)(C(CC(=O)O)C(C)(C)C)C(C)(C)C)c2ccc(Br)cc21. The van der Waals surface area contributed by atoms with Gasteiger partial charge in [-0.3, -0.25) is 13.9 Å². The Morgan fingerprint density at radius 2 is 1.62 bits per heavy atom. The van der Waals surface area contributed by atoms with Crippen LogP contribution in [0.1, 0.15) is 48.0 Å². The Labute approximate surface area is 178 Å². The van der Waals surface area contributed by atoms with E-state index in [0.717, 1.165) is 4.47 Å². The van der Waals surface area contributed by atoms with Gasteiger partial charge in [0, 0.05) is 17.4 Å². The molecule has 2 aromatic rings. The van der Waals surface area contributed by atoms with Gasteiger partial charge >= 0.3 is 17.6 Å². The quantitative estimate of drug-likeness (QED) is 0.688. The van der Waals surface area contributed by atoms with Crippen LogP contribution >= 0.6 is 15.9 Å². The zero-order chi connectivity index (χ0) is 22.5. The second-order valence-electron chi connectivity index (χ2n) is 9.65. The molecule has 0 aliphatic heterocycles. The number of aromatic nitrogens is 2. The van der Waals surface area contributed by atoms with Gasteiger partial charge in [0.05, 0.1) is 17.5 Å². The van der Waals surface area contributed by atoms with Gasteiger partial charge in [-0.1, -0.05) is 57.5 Å². The Bertz CT molecular complexity index is 1020. The summed E-state index contributed by atoms with van der Waals surface area (Å²) in [7, 11) is 1.59. The third-order valence-electron chi connectivity index (χ3n) is 5.77. The predicted octanol–water partition coefficient (Wildman–Crippen LogP) is 4.07. The second-order valence-corrected chi connectivity index (χ2v) is 10.6. The summed E-state index contributed by atoms with van der Waals surface area (Å²) in [4.78, 5) is 38.2. The Kier molecular flexibility index (Phi) is 5.84. The summed E-state index contributed by atoms with van der Waals surface area (Å²) in [6.45, 7) is 10.7. The maximum absolute atomic E-state index is 13.4. The number of carboxylic acids is 2. The van der Waals surface area contributed by atoms with E-state index in [4.69, 9.17) is 0 Å². The van der Waals surface area contributed by atoms with E-state index in [1.165, 1.54) is 9.13 Å². The standard InChI is InChI=1S/C21H29BrN2O5/c1-19(2,3)15(11-16(25)26)21(17(27)28,20(4,5)6)24-13-9-8-12(22)10-14(13)23(7)18(24)29/h8-10,15H,11H2,1-7H3,(H,25,26)(H,27,28)/t15?,21-/m1/s1. The monoisotopic (exact) mass is 468 g/mol. The van der Waals surface area contributed by atoms with Gasteiger partial charge in [-0.2, -0.15) is 0 Å². The molecule has 1 heterocycles. The number of hydrogen-bond acceptors (Lipinski definition) is 3. The number of halogens is 1. The molecule has 160 valence electrons. The highest BCUT2D eigenvalue weighted by Crippen LogP contribution is 2.52. The average molecular weight is 469 g/mol. The number of imidazole rings is 1. The van der Waals surface area contributed by atoms with Crippen molar-refractivity contribution in [2.24, 2.45) is 23.8 Å². The Hall–Kier alpha value is -2.09. The molecular weight excluding hydrogens is 440 g/mol. The number of aliphatic carboxylic acids is 2. The molecule has 1 aromatic carbocycles. The first-order valence-corrected chi connectivity index (χ1v) is 10.2. The van der Waals surface area contributed by atoms with E-state index in [2.05, 4.69) is 15.9 Å². The molecule has 0 fully saturated rings. The van der Waals surface area contributed by atoms with Gasteiger partial charge in [-0.15, -0.1) is 0 Å². The minimum absolute atomic E-state index is 0.383. The maximum Gasteiger partial charge on any atom is 0.330 e. The van der Waals surface area contributed by atoms with Crippen LogP contribution in [0.15, 0.2) is 27.5 Å². The molecule has 0 saturated heterocycles. The number of aryl methyl sites for hydroxylation is 1. The molecule has 1 aromatic heterocycles. The molecule has 2 atom stereocenters. The van der Waals surface area contributed by atoms with Crippen molar-refractivity contribution in [2.75, 3.05) is 0 Å². The molecule has 7 nitrogen and oxygen atoms in total. The van der Waals surface area contributed by atoms with Crippen LogP contribution in [0.2, 0.25) is 0 Å². The van der Waals surface area contributed by atoms with Crippen molar-refractivity contribution in [3.8, 4) is 0 Å². The van der Waals surface area contributed by atoms with Crippen molar-refractivity contribution in [1.82, 2.24) is 9.13 Å². The number of nitrogens with zero attached hydrogens (tertiary/aromatic N) is 2. The van der Waals surface area contributed by atoms with E-state index in [1.807, 2.05) is 20.8 Å². The van der Waals surface area contributed by atoms with Crippen molar-refractivity contribution in [3.05, 3.63) is 33.2 Å². The zero-order valence-corrected chi connectivity index (χ0v) is 19.5. The number of fused-ring (bicyclic) bond motifs is 1. The fourth-order valence-corrected chi connectivity index (χ4v) is 4.83. The lowest BCUT2D eigenvalue weighted by Gasteiger charge is -2.51. The van der Waals surface area contributed by atoms with Crippen LogP contribution in [0.5, 0.6) is 0 Å². The van der Waals surface area contributed by atoms with Gasteiger partial charge < -0.3 is 10.2 Å². The van der Waals surface area contributed by atoms with Gasteiger partial charge in [0.25, 0.3) is 0 Å². The molecule has 0 spiro atoms. The molecule has 0 saturated carbocycles. The summed E-state index contributed by atoms with van der Waals surface area (Å²) in [5.74, 6) is -3.18. The molecule has 29 heavy (non-hydrogen) atoms. The number of benzene rings is 1. The number of rotatable bonds is 5. The van der Waals surface area contributed by atoms with Gasteiger partial charge in [0.15, 0.2) is 5.54 Å². The van der Waals surface area contributed by atoms with Gasteiger partial charge in [-0.05, 0) is 29.0 Å². The molecule has 2 rings (SSSR count). The highest BCUT2D eigenvalue weighted by molar-refractivity contribution is 9.10. The molecule has 8 heteroatoms. The largest absolute Gasteiger partial charge is 0.481 e. The van der Waals surface area contributed by atoms with E-state index in [-0.39, 0.29) is 6.42 Å². The van der Waals surface area contributed by atoms with E-state index < -0.39 is 39.9 Å². The van der Waals surface area contributed by atoms with Crippen LogP contribution in [0, 0.1) is 16.7 Å². The summed E-state index contributed by atoms with van der Waals surface area (Å²) in [5.41, 5.74) is -2.94. The molecule has 0 bridgehead atoms. The second kappa shape index (κ2) is 7.31. The minimum atomic E-state index is -1.80. The lowest BCUT2D eigenvalue weighted by atomic mass is 9.57. The fraction of sp³-hybridized carbons (Fsp3) is 0.571. The molecule has 0 radical (unpaired) electrons. The highest BCUT2D eigenvalue weighted by Gasteiger charge is 2.60. The molecule has 1 unspecified atom stereocenters. The normalized spacial score (nSPS) is 15.9. The van der Waals surface area contributed by atoms with E-state index in [0.29, 0.717) is 11.0 Å². The Morgan fingerprint density at radius 3 is 2.03 bits per heavy atom. The van der Waals surface area contributed by atoms with Gasteiger partial charge in [-0.25, -0.2) is 9.59 Å². The summed E-state index contributed by atoms with van der Waals surface area (Å²) in [6, 6.07) is 5.20. The van der Waals surface area contributed by atoms with Crippen molar-refractivity contribution < 1.29 is 19.8 Å². The Morgan fingerprint density at radius 1 is 1.07 bits per heavy atom. The third-order valence-corrected chi connectivity index (χ3v) is 6.26. The number of hydrogen-bond donors (Lipinski definition) is 2. The first kappa shape index (κ1) is 23.2. The topological polar surface area (TPSA) is 102 Å². The van der Waals surface area contributed by atoms with Crippen LogP contribution in [0.25, 0.3) is 11.0 Å². The summed E-state index contributed by atoms with van der Waals surface area (Å²) in [6.07, 6.45) is -0.383. The molecule has 2 N–H and O–H groups in total. The molecule has 0 aliphatic rings. The van der Waals surface area contributed by atoms with Crippen LogP contribution in [0.3, 0.4) is 0 Å². The first-order chi connectivity index (χ1) is 13.1. The van der Waals surface area contributed by atoms with Crippen LogP contribution < -0.4 is 5.69 Å². The van der Waals surface area contributed by atoms with Crippen LogP contribution in [-0.2, 0) is 22.2 Å². The highest BCUT2D eigenvalue weighted by atomic mass is 79.9. The predicted molar refractivity (Wildman–Crippen MR) is 115 cm³/mol. The van der Waals surface area contributed by atoms with E-state index in [9.17, 15) is 24.6 Å². The molecule has 0 aliphatic carbocycles. The van der Waals surface area contributed by atoms with E-state index in [1.54, 1.807) is 46.0 Å². The average Bonchev–Trinajstić information content (AvgIpc) is 2.77. The summed E-state index contributed by atoms with van der Waals surface area (Å²) < 4.78 is 3.47. The Balaban J connectivity index is 3.15. The van der Waals surface area contributed by atoms with Gasteiger partial charge in [0.2, 0.25) is 0 Å². The maximum atomic E-state index is 13.4.